The van der Waals surface area contributed by atoms with E-state index in [1.54, 1.807) is 0 Å². The van der Waals surface area contributed by atoms with Crippen molar-refractivity contribution in [3.63, 3.8) is 0 Å². The third-order valence-corrected chi connectivity index (χ3v) is 3.05. The van der Waals surface area contributed by atoms with Crippen LogP contribution in [-0.2, 0) is 0 Å². The molecule has 0 unspecified atom stereocenters. The van der Waals surface area contributed by atoms with Crippen LogP contribution in [0.15, 0.2) is 0 Å². The van der Waals surface area contributed by atoms with Gasteiger partial charge in [-0.1, -0.05) is 0 Å². The minimum absolute atomic E-state index is 0.583. The van der Waals surface area contributed by atoms with E-state index in [0.717, 1.165) is 0 Å². The molecular formula is C9H6F16N2. The summed E-state index contributed by atoms with van der Waals surface area (Å²) in [5.74, 6) is -50.3. The maximum absolute atomic E-state index is 13.1. The molecule has 0 aliphatic heterocycles. The molecule has 27 heavy (non-hydrogen) atoms. The Hall–Kier alpha value is -1.20. The maximum Gasteiger partial charge on any atom is 0.384 e. The monoisotopic (exact) mass is 446 g/mol. The highest BCUT2D eigenvalue weighted by molar-refractivity contribution is 5.14. The molecular weight excluding hydrogens is 440 g/mol. The first kappa shape index (κ1) is 25.8. The Kier molecular flexibility index (Phi) is 6.40. The lowest BCUT2D eigenvalue weighted by atomic mass is 9.89. The zero-order chi connectivity index (χ0) is 22.5. The van der Waals surface area contributed by atoms with E-state index in [1.807, 2.05) is 0 Å². The van der Waals surface area contributed by atoms with Crippen molar-refractivity contribution in [1.29, 1.82) is 0 Å². The van der Waals surface area contributed by atoms with Gasteiger partial charge in [0.15, 0.2) is 0 Å². The van der Waals surface area contributed by atoms with E-state index >= 15 is 0 Å². The van der Waals surface area contributed by atoms with E-state index in [2.05, 4.69) is 5.84 Å². The SMILES string of the molecule is NNCC(F)(F)C(F)(F)C(F)(F)C(F)(F)C(F)(F)C(F)(F)C(F)(F)C(F)F. The Morgan fingerprint density at radius 3 is 1.15 bits per heavy atom. The topological polar surface area (TPSA) is 38.0 Å². The van der Waals surface area contributed by atoms with Crippen LogP contribution in [0.25, 0.3) is 0 Å². The van der Waals surface area contributed by atoms with Crippen molar-refractivity contribution in [1.82, 2.24) is 5.43 Å². The van der Waals surface area contributed by atoms with Gasteiger partial charge in [0.25, 0.3) is 0 Å². The average molecular weight is 446 g/mol. The Morgan fingerprint density at radius 2 is 0.852 bits per heavy atom. The first-order chi connectivity index (χ1) is 11.5. The molecule has 0 heterocycles. The number of rotatable bonds is 9. The predicted octanol–water partition coefficient (Wildman–Crippen LogP) is 4.16. The Balaban J connectivity index is 6.53. The average Bonchev–Trinajstić information content (AvgIpc) is 2.45. The zero-order valence-electron chi connectivity index (χ0n) is 11.9. The summed E-state index contributed by atoms with van der Waals surface area (Å²) in [5, 5.41) is 0. The molecule has 0 aromatic heterocycles. The van der Waals surface area contributed by atoms with Crippen molar-refractivity contribution in [3.8, 4) is 0 Å². The molecule has 0 aromatic rings. The molecule has 3 N–H and O–H groups in total. The molecule has 0 bridgehead atoms. The summed E-state index contributed by atoms with van der Waals surface area (Å²) >= 11 is 0. The van der Waals surface area contributed by atoms with Gasteiger partial charge in [-0.25, -0.2) is 8.78 Å². The lowest BCUT2D eigenvalue weighted by molar-refractivity contribution is -0.446. The Morgan fingerprint density at radius 1 is 0.556 bits per heavy atom. The van der Waals surface area contributed by atoms with Gasteiger partial charge in [0.1, 0.15) is 0 Å². The molecule has 0 saturated heterocycles. The second-order valence-corrected chi connectivity index (χ2v) is 4.88. The van der Waals surface area contributed by atoms with E-state index in [9.17, 15) is 70.2 Å². The Labute approximate surface area is 137 Å². The molecule has 0 fully saturated rings. The van der Waals surface area contributed by atoms with Gasteiger partial charge < -0.3 is 0 Å². The molecule has 164 valence electrons. The number of hydrazine groups is 1. The van der Waals surface area contributed by atoms with Gasteiger partial charge in [0, 0.05) is 0 Å². The van der Waals surface area contributed by atoms with Gasteiger partial charge in [-0.3, -0.25) is 11.3 Å². The van der Waals surface area contributed by atoms with Gasteiger partial charge in [-0.05, 0) is 0 Å². The van der Waals surface area contributed by atoms with Gasteiger partial charge in [-0.15, -0.1) is 0 Å². The fourth-order valence-corrected chi connectivity index (χ4v) is 1.41. The highest BCUT2D eigenvalue weighted by atomic mass is 19.4. The maximum atomic E-state index is 13.1. The second-order valence-electron chi connectivity index (χ2n) is 4.88. The molecule has 0 saturated carbocycles. The van der Waals surface area contributed by atoms with Crippen LogP contribution in [0, 0.1) is 0 Å². The Bertz CT molecular complexity index is 526. The summed E-state index contributed by atoms with van der Waals surface area (Å²) in [5.41, 5.74) is 0.583. The van der Waals surface area contributed by atoms with Crippen molar-refractivity contribution in [2.45, 2.75) is 47.9 Å². The van der Waals surface area contributed by atoms with Crippen molar-refractivity contribution in [2.24, 2.45) is 5.84 Å². The highest BCUT2D eigenvalue weighted by Crippen LogP contribution is 2.62. The molecule has 0 atom stereocenters. The van der Waals surface area contributed by atoms with Crippen LogP contribution >= 0.6 is 0 Å². The smallest absolute Gasteiger partial charge is 0.271 e. The molecule has 2 nitrogen and oxygen atoms in total. The summed E-state index contributed by atoms with van der Waals surface area (Å²) in [6, 6.07) is 0. The van der Waals surface area contributed by atoms with Crippen molar-refractivity contribution >= 4 is 0 Å². The van der Waals surface area contributed by atoms with Gasteiger partial charge in [0.05, 0.1) is 6.54 Å². The van der Waals surface area contributed by atoms with E-state index in [0.29, 0.717) is 5.43 Å². The number of alkyl halides is 16. The number of halogens is 16. The number of hydrogen-bond acceptors (Lipinski definition) is 2. The van der Waals surface area contributed by atoms with Crippen LogP contribution in [-0.4, -0.2) is 54.4 Å². The van der Waals surface area contributed by atoms with E-state index in [4.69, 9.17) is 0 Å². The minimum Gasteiger partial charge on any atom is -0.271 e. The lowest BCUT2D eigenvalue weighted by Crippen LogP contribution is -2.74. The van der Waals surface area contributed by atoms with Crippen LogP contribution in [0.5, 0.6) is 0 Å². The number of nitrogens with two attached hydrogens (primary N) is 1. The minimum atomic E-state index is -8.37. The highest BCUT2D eigenvalue weighted by Gasteiger charge is 2.93. The lowest BCUT2D eigenvalue weighted by Gasteiger charge is -2.42. The van der Waals surface area contributed by atoms with Crippen LogP contribution < -0.4 is 11.3 Å². The summed E-state index contributed by atoms with van der Waals surface area (Å²) in [7, 11) is 0. The summed E-state index contributed by atoms with van der Waals surface area (Å²) in [4.78, 5) is 0. The zero-order valence-corrected chi connectivity index (χ0v) is 11.9. The van der Waals surface area contributed by atoms with Crippen LogP contribution in [0.1, 0.15) is 0 Å². The van der Waals surface area contributed by atoms with E-state index < -0.39 is 54.4 Å². The summed E-state index contributed by atoms with van der Waals surface area (Å²) in [6.07, 6.45) is -5.86. The van der Waals surface area contributed by atoms with Crippen LogP contribution in [0.4, 0.5) is 70.2 Å². The molecule has 0 spiro atoms. The number of nitrogens with one attached hydrogen (secondary N) is 1. The molecule has 0 amide bonds. The third kappa shape index (κ3) is 3.27. The molecule has 0 aliphatic carbocycles. The van der Waals surface area contributed by atoms with Crippen molar-refractivity contribution in [3.05, 3.63) is 0 Å². The standard InChI is InChI=1S/C9H6F16N2/c10-2(11)4(14,15)6(18,19)8(22,23)9(24,25)7(20,21)5(16,17)3(12,13)1-27-26/h2,27H,1,26H2. The molecule has 18 heteroatoms. The van der Waals surface area contributed by atoms with E-state index in [-0.39, 0.29) is 0 Å². The number of hydrogen-bond donors (Lipinski definition) is 2. The molecule has 0 radical (unpaired) electrons. The summed E-state index contributed by atoms with van der Waals surface area (Å²) < 4.78 is 204. The quantitative estimate of drug-likeness (QED) is 0.317. The van der Waals surface area contributed by atoms with Crippen LogP contribution in [0.2, 0.25) is 0 Å². The van der Waals surface area contributed by atoms with Gasteiger partial charge in [-0.2, -0.15) is 61.5 Å². The largest absolute Gasteiger partial charge is 0.384 e. The fourth-order valence-electron chi connectivity index (χ4n) is 1.41. The second kappa shape index (κ2) is 6.70. The van der Waals surface area contributed by atoms with Gasteiger partial charge >= 0.3 is 47.9 Å². The first-order valence-corrected chi connectivity index (χ1v) is 5.87. The summed E-state index contributed by atoms with van der Waals surface area (Å²) in [6.45, 7) is -2.79. The predicted molar refractivity (Wildman–Crippen MR) is 52.8 cm³/mol. The van der Waals surface area contributed by atoms with Crippen molar-refractivity contribution < 1.29 is 70.2 Å². The third-order valence-electron chi connectivity index (χ3n) is 3.05. The van der Waals surface area contributed by atoms with Gasteiger partial charge in [0.2, 0.25) is 0 Å². The first-order valence-electron chi connectivity index (χ1n) is 5.87. The normalized spacial score (nSPS) is 16.2. The van der Waals surface area contributed by atoms with Crippen LogP contribution in [0.3, 0.4) is 0 Å². The van der Waals surface area contributed by atoms with E-state index in [1.165, 1.54) is 0 Å². The fraction of sp³-hybridized carbons (Fsp3) is 1.00. The molecule has 0 aromatic carbocycles. The van der Waals surface area contributed by atoms with Crippen molar-refractivity contribution in [2.75, 3.05) is 6.54 Å². The molecule has 0 rings (SSSR count). The molecule has 0 aliphatic rings.